The number of nitrogens with two attached hydrogens (primary N) is 2. The van der Waals surface area contributed by atoms with Gasteiger partial charge in [0, 0.05) is 31.2 Å². The van der Waals surface area contributed by atoms with Crippen LogP contribution in [0.1, 0.15) is 25.5 Å². The largest absolute Gasteiger partial charge is 0.368 e. The molecule has 4 N–H and O–H groups in total. The molecule has 0 bridgehead atoms. The fourth-order valence-corrected chi connectivity index (χ4v) is 3.02. The second-order valence-electron chi connectivity index (χ2n) is 6.49. The summed E-state index contributed by atoms with van der Waals surface area (Å²) in [5.41, 5.74) is 12.4. The average molecular weight is 389 g/mol. The van der Waals surface area contributed by atoms with E-state index >= 15 is 0 Å². The molecule has 25 heavy (non-hydrogen) atoms. The summed E-state index contributed by atoms with van der Waals surface area (Å²) in [6, 6.07) is 6.11. The monoisotopic (exact) mass is 388 g/mol. The molecule has 0 saturated carbocycles. The van der Waals surface area contributed by atoms with E-state index in [1.165, 1.54) is 0 Å². The topological polar surface area (TPSA) is 92.7 Å². The molecule has 8 heteroatoms. The van der Waals surface area contributed by atoms with Gasteiger partial charge < -0.3 is 16.4 Å². The zero-order chi connectivity index (χ0) is 17.9. The number of nitrogens with zero attached hydrogens (tertiary/aromatic N) is 2. The van der Waals surface area contributed by atoms with Gasteiger partial charge in [0.2, 0.25) is 11.8 Å². The Balaban J connectivity index is 0.00000312. The van der Waals surface area contributed by atoms with E-state index < -0.39 is 18.0 Å². The minimum Gasteiger partial charge on any atom is -0.368 e. The van der Waals surface area contributed by atoms with E-state index in [9.17, 15) is 9.59 Å². The first-order valence-electron chi connectivity index (χ1n) is 8.14. The summed E-state index contributed by atoms with van der Waals surface area (Å²) >= 11 is 5.90. The van der Waals surface area contributed by atoms with Gasteiger partial charge in [0.05, 0.1) is 6.04 Å². The molecule has 1 heterocycles. The summed E-state index contributed by atoms with van der Waals surface area (Å²) in [7, 11) is 0. The number of amides is 2. The maximum Gasteiger partial charge on any atom is 0.239 e. The molecule has 2 atom stereocenters. The highest BCUT2D eigenvalue weighted by atomic mass is 35.5. The van der Waals surface area contributed by atoms with Crippen molar-refractivity contribution >= 4 is 35.8 Å². The minimum atomic E-state index is -0.515. The van der Waals surface area contributed by atoms with Gasteiger partial charge in [-0.1, -0.05) is 37.6 Å². The third-order valence-electron chi connectivity index (χ3n) is 4.45. The second kappa shape index (κ2) is 9.38. The maximum absolute atomic E-state index is 12.3. The van der Waals surface area contributed by atoms with Crippen LogP contribution in [-0.2, 0) is 9.59 Å². The number of primary amides is 1. The van der Waals surface area contributed by atoms with Crippen LogP contribution in [0.25, 0.3) is 0 Å². The van der Waals surface area contributed by atoms with E-state index in [1.807, 2.05) is 30.9 Å². The molecule has 140 valence electrons. The normalized spacial score (nSPS) is 17.7. The molecule has 0 aliphatic carbocycles. The Morgan fingerprint density at radius 3 is 2.04 bits per heavy atom. The van der Waals surface area contributed by atoms with Crippen LogP contribution in [0.4, 0.5) is 0 Å². The van der Waals surface area contributed by atoms with E-state index in [1.54, 1.807) is 17.0 Å². The Morgan fingerprint density at radius 2 is 1.60 bits per heavy atom. The number of hydrogen-bond acceptors (Lipinski definition) is 4. The Hall–Kier alpha value is -1.34. The molecule has 1 aliphatic rings. The van der Waals surface area contributed by atoms with Crippen molar-refractivity contribution in [3.63, 3.8) is 0 Å². The van der Waals surface area contributed by atoms with Crippen molar-refractivity contribution in [3.8, 4) is 0 Å². The molecule has 0 aromatic heterocycles. The molecule has 6 nitrogen and oxygen atoms in total. The standard InChI is InChI=1S/C17H25ClN4O2.ClH/c1-11(2)14(19)17(24)22-9-7-21(8-10-22)15(16(20)23)12-3-5-13(18)6-4-12;/h3-6,11,14-15H,7-10,19H2,1-2H3,(H2,20,23);1H/t14-,15?;/m0./s1. The summed E-state index contributed by atoms with van der Waals surface area (Å²) < 4.78 is 0. The lowest BCUT2D eigenvalue weighted by Gasteiger charge is -2.39. The van der Waals surface area contributed by atoms with Crippen molar-refractivity contribution in [1.29, 1.82) is 0 Å². The van der Waals surface area contributed by atoms with Crippen molar-refractivity contribution in [2.75, 3.05) is 26.2 Å². The summed E-state index contributed by atoms with van der Waals surface area (Å²) in [6.45, 7) is 6.10. The number of carbonyl (C=O) groups excluding carboxylic acids is 2. The van der Waals surface area contributed by atoms with E-state index in [-0.39, 0.29) is 24.2 Å². The zero-order valence-corrected chi connectivity index (χ0v) is 16.1. The van der Waals surface area contributed by atoms with Gasteiger partial charge in [-0.15, -0.1) is 12.4 Å². The summed E-state index contributed by atoms with van der Waals surface area (Å²) in [4.78, 5) is 28.0. The van der Waals surface area contributed by atoms with Crippen LogP contribution < -0.4 is 11.5 Å². The van der Waals surface area contributed by atoms with Gasteiger partial charge >= 0.3 is 0 Å². The number of hydrogen-bond donors (Lipinski definition) is 2. The number of piperazine rings is 1. The summed E-state index contributed by atoms with van der Waals surface area (Å²) in [5.74, 6) is -0.342. The molecule has 1 fully saturated rings. The number of benzene rings is 1. The van der Waals surface area contributed by atoms with Crippen molar-refractivity contribution in [1.82, 2.24) is 9.80 Å². The third kappa shape index (κ3) is 5.31. The van der Waals surface area contributed by atoms with Gasteiger partial charge in [0.15, 0.2) is 0 Å². The molecule has 2 amide bonds. The van der Waals surface area contributed by atoms with Gasteiger partial charge in [0.1, 0.15) is 6.04 Å². The molecular formula is C17H26Cl2N4O2. The Morgan fingerprint density at radius 1 is 1.08 bits per heavy atom. The third-order valence-corrected chi connectivity index (χ3v) is 4.70. The van der Waals surface area contributed by atoms with Crippen molar-refractivity contribution in [2.24, 2.45) is 17.4 Å². The molecule has 0 spiro atoms. The maximum atomic E-state index is 12.3. The Bertz CT molecular complexity index is 587. The van der Waals surface area contributed by atoms with E-state index in [2.05, 4.69) is 0 Å². The fraction of sp³-hybridized carbons (Fsp3) is 0.529. The molecule has 0 radical (unpaired) electrons. The lowest BCUT2D eigenvalue weighted by molar-refractivity contribution is -0.136. The number of carbonyl (C=O) groups is 2. The summed E-state index contributed by atoms with van der Waals surface area (Å²) in [6.07, 6.45) is 0. The molecule has 1 saturated heterocycles. The predicted octanol–water partition coefficient (Wildman–Crippen LogP) is 1.42. The van der Waals surface area contributed by atoms with Crippen molar-refractivity contribution in [3.05, 3.63) is 34.9 Å². The van der Waals surface area contributed by atoms with Crippen molar-refractivity contribution in [2.45, 2.75) is 25.9 Å². The molecule has 2 rings (SSSR count). The highest BCUT2D eigenvalue weighted by molar-refractivity contribution is 6.30. The molecule has 1 aromatic rings. The van der Waals surface area contributed by atoms with Gasteiger partial charge in [0.25, 0.3) is 0 Å². The van der Waals surface area contributed by atoms with E-state index in [0.717, 1.165) is 5.56 Å². The van der Waals surface area contributed by atoms with Crippen LogP contribution in [0.2, 0.25) is 5.02 Å². The minimum absolute atomic E-state index is 0. The van der Waals surface area contributed by atoms with Crippen LogP contribution in [0.5, 0.6) is 0 Å². The first-order chi connectivity index (χ1) is 11.3. The van der Waals surface area contributed by atoms with Gasteiger partial charge in [-0.2, -0.15) is 0 Å². The number of halogens is 2. The highest BCUT2D eigenvalue weighted by Crippen LogP contribution is 2.24. The molecular weight excluding hydrogens is 363 g/mol. The van der Waals surface area contributed by atoms with E-state index in [4.69, 9.17) is 23.1 Å². The predicted molar refractivity (Wildman–Crippen MR) is 102 cm³/mol. The summed E-state index contributed by atoms with van der Waals surface area (Å²) in [5, 5.41) is 0.611. The van der Waals surface area contributed by atoms with Crippen LogP contribution in [0, 0.1) is 5.92 Å². The molecule has 1 aromatic carbocycles. The lowest BCUT2D eigenvalue weighted by Crippen LogP contribution is -2.55. The fourth-order valence-electron chi connectivity index (χ4n) is 2.90. The van der Waals surface area contributed by atoms with Gasteiger partial charge in [-0.05, 0) is 23.6 Å². The molecule has 1 unspecified atom stereocenters. The smallest absolute Gasteiger partial charge is 0.239 e. The van der Waals surface area contributed by atoms with Crippen molar-refractivity contribution < 1.29 is 9.59 Å². The van der Waals surface area contributed by atoms with Crippen LogP contribution >= 0.6 is 24.0 Å². The lowest BCUT2D eigenvalue weighted by atomic mass is 10.0. The second-order valence-corrected chi connectivity index (χ2v) is 6.92. The SMILES string of the molecule is CC(C)[C@H](N)C(=O)N1CCN(C(C(N)=O)c2ccc(Cl)cc2)CC1.Cl. The Kier molecular flexibility index (Phi) is 8.15. The first kappa shape index (κ1) is 21.7. The zero-order valence-electron chi connectivity index (χ0n) is 14.5. The van der Waals surface area contributed by atoms with E-state index in [0.29, 0.717) is 31.2 Å². The Labute approximate surface area is 159 Å². The van der Waals surface area contributed by atoms with Gasteiger partial charge in [-0.3, -0.25) is 14.5 Å². The first-order valence-corrected chi connectivity index (χ1v) is 8.52. The van der Waals surface area contributed by atoms with Crippen LogP contribution in [-0.4, -0.2) is 53.8 Å². The highest BCUT2D eigenvalue weighted by Gasteiger charge is 2.32. The quantitative estimate of drug-likeness (QED) is 0.797. The van der Waals surface area contributed by atoms with Gasteiger partial charge in [-0.25, -0.2) is 0 Å². The molecule has 1 aliphatic heterocycles. The number of rotatable bonds is 5. The van der Waals surface area contributed by atoms with Crippen LogP contribution in [0.3, 0.4) is 0 Å². The average Bonchev–Trinajstić information content (AvgIpc) is 2.55. The van der Waals surface area contributed by atoms with Crippen LogP contribution in [0.15, 0.2) is 24.3 Å².